The second kappa shape index (κ2) is 6.66. The molecule has 0 fully saturated rings. The van der Waals surface area contributed by atoms with E-state index in [4.69, 9.17) is 5.11 Å². The van der Waals surface area contributed by atoms with Crippen LogP contribution in [0.2, 0.25) is 0 Å². The summed E-state index contributed by atoms with van der Waals surface area (Å²) in [5.41, 5.74) is 2.39. The van der Waals surface area contributed by atoms with Gasteiger partial charge in [-0.05, 0) is 42.3 Å². The van der Waals surface area contributed by atoms with Gasteiger partial charge in [0, 0.05) is 18.9 Å². The summed E-state index contributed by atoms with van der Waals surface area (Å²) in [6.45, 7) is 1.37. The number of carboxylic acid groups (broad SMARTS) is 1. The molecule has 2 N–H and O–H groups in total. The number of nitrogens with one attached hydrogen (secondary N) is 1. The monoisotopic (exact) mass is 256 g/mol. The summed E-state index contributed by atoms with van der Waals surface area (Å²) in [5, 5.41) is 12.3. The Balaban J connectivity index is 1.85. The zero-order valence-corrected chi connectivity index (χ0v) is 10.5. The second-order valence-electron chi connectivity index (χ2n) is 4.24. The normalized spacial score (nSPS) is 10.3. The molecule has 0 saturated heterocycles. The van der Waals surface area contributed by atoms with Crippen molar-refractivity contribution in [2.45, 2.75) is 13.0 Å². The lowest BCUT2D eigenvalue weighted by atomic mass is 10.1. The van der Waals surface area contributed by atoms with E-state index >= 15 is 0 Å². The number of hydrogen-bond donors (Lipinski definition) is 2. The second-order valence-corrected chi connectivity index (χ2v) is 4.24. The van der Waals surface area contributed by atoms with Gasteiger partial charge in [0.05, 0.1) is 5.56 Å². The Labute approximate surface area is 112 Å². The van der Waals surface area contributed by atoms with Crippen molar-refractivity contribution in [3.8, 4) is 0 Å². The number of benzene rings is 1. The van der Waals surface area contributed by atoms with Gasteiger partial charge in [-0.15, -0.1) is 0 Å². The Morgan fingerprint density at radius 2 is 1.89 bits per heavy atom. The molecule has 2 rings (SSSR count). The third kappa shape index (κ3) is 3.89. The molecule has 0 aliphatic heterocycles. The first kappa shape index (κ1) is 13.2. The van der Waals surface area contributed by atoms with E-state index in [1.807, 2.05) is 24.3 Å². The zero-order chi connectivity index (χ0) is 13.5. The van der Waals surface area contributed by atoms with Gasteiger partial charge in [-0.25, -0.2) is 4.79 Å². The number of hydrogen-bond acceptors (Lipinski definition) is 3. The van der Waals surface area contributed by atoms with E-state index in [1.165, 1.54) is 5.56 Å². The molecule has 0 spiro atoms. The van der Waals surface area contributed by atoms with Crippen LogP contribution in [0.5, 0.6) is 0 Å². The van der Waals surface area contributed by atoms with Crippen molar-refractivity contribution >= 4 is 5.97 Å². The van der Waals surface area contributed by atoms with Gasteiger partial charge in [0.25, 0.3) is 0 Å². The van der Waals surface area contributed by atoms with Crippen molar-refractivity contribution in [3.63, 3.8) is 0 Å². The molecule has 0 bridgehead atoms. The van der Waals surface area contributed by atoms with E-state index in [1.54, 1.807) is 24.5 Å². The highest BCUT2D eigenvalue weighted by Crippen LogP contribution is 2.08. The number of carbonyl (C=O) groups is 1. The van der Waals surface area contributed by atoms with Crippen molar-refractivity contribution < 1.29 is 9.90 Å². The Morgan fingerprint density at radius 1 is 1.16 bits per heavy atom. The largest absolute Gasteiger partial charge is 0.478 e. The quantitative estimate of drug-likeness (QED) is 0.777. The minimum atomic E-state index is -0.883. The van der Waals surface area contributed by atoms with Crippen LogP contribution in [0.15, 0.2) is 48.8 Å². The topological polar surface area (TPSA) is 62.2 Å². The molecule has 0 unspecified atom stereocenters. The van der Waals surface area contributed by atoms with E-state index in [2.05, 4.69) is 10.3 Å². The molecule has 0 atom stereocenters. The lowest BCUT2D eigenvalue weighted by Crippen LogP contribution is -2.18. The van der Waals surface area contributed by atoms with E-state index in [-0.39, 0.29) is 0 Å². The van der Waals surface area contributed by atoms with Crippen LogP contribution in [0.25, 0.3) is 0 Å². The number of pyridine rings is 1. The molecule has 2 aromatic rings. The van der Waals surface area contributed by atoms with Gasteiger partial charge < -0.3 is 10.4 Å². The van der Waals surface area contributed by atoms with Gasteiger partial charge in [-0.2, -0.15) is 0 Å². The molecule has 98 valence electrons. The first-order chi connectivity index (χ1) is 9.27. The molecule has 1 heterocycles. The first-order valence-corrected chi connectivity index (χ1v) is 6.18. The van der Waals surface area contributed by atoms with Crippen LogP contribution in [0.3, 0.4) is 0 Å². The van der Waals surface area contributed by atoms with Gasteiger partial charge in [0.1, 0.15) is 0 Å². The average Bonchev–Trinajstić information content (AvgIpc) is 2.45. The highest BCUT2D eigenvalue weighted by Gasteiger charge is 2.07. The van der Waals surface area contributed by atoms with Crippen molar-refractivity contribution in [2.24, 2.45) is 0 Å². The maximum Gasteiger partial charge on any atom is 0.336 e. The van der Waals surface area contributed by atoms with Crippen molar-refractivity contribution in [3.05, 3.63) is 65.5 Å². The summed E-state index contributed by atoms with van der Waals surface area (Å²) in [6.07, 6.45) is 4.45. The van der Waals surface area contributed by atoms with E-state index < -0.39 is 5.97 Å². The van der Waals surface area contributed by atoms with Gasteiger partial charge in [-0.1, -0.05) is 18.2 Å². The maximum atomic E-state index is 11.0. The highest BCUT2D eigenvalue weighted by molar-refractivity contribution is 5.89. The molecule has 1 aromatic heterocycles. The summed E-state index contributed by atoms with van der Waals surface area (Å²) < 4.78 is 0. The molecule has 0 aliphatic carbocycles. The minimum absolute atomic E-state index is 0.360. The molecule has 4 nitrogen and oxygen atoms in total. The first-order valence-electron chi connectivity index (χ1n) is 6.18. The van der Waals surface area contributed by atoms with E-state index in [9.17, 15) is 4.79 Å². The van der Waals surface area contributed by atoms with Crippen LogP contribution < -0.4 is 5.32 Å². The van der Waals surface area contributed by atoms with Crippen LogP contribution >= 0.6 is 0 Å². The summed E-state index contributed by atoms with van der Waals surface area (Å²) in [7, 11) is 0. The fourth-order valence-electron chi connectivity index (χ4n) is 1.89. The molecule has 0 radical (unpaired) electrons. The molecule has 0 saturated carbocycles. The molecule has 1 aromatic carbocycles. The smallest absolute Gasteiger partial charge is 0.336 e. The van der Waals surface area contributed by atoms with Gasteiger partial charge in [0.15, 0.2) is 0 Å². The number of rotatable bonds is 6. The van der Waals surface area contributed by atoms with E-state index in [0.717, 1.165) is 18.5 Å². The molecule has 19 heavy (non-hydrogen) atoms. The molecule has 0 amide bonds. The predicted molar refractivity (Wildman–Crippen MR) is 73.0 cm³/mol. The maximum absolute atomic E-state index is 11.0. The van der Waals surface area contributed by atoms with Crippen LogP contribution in [0.4, 0.5) is 0 Å². The average molecular weight is 256 g/mol. The fourth-order valence-corrected chi connectivity index (χ4v) is 1.89. The van der Waals surface area contributed by atoms with Crippen LogP contribution in [-0.2, 0) is 13.0 Å². The predicted octanol–water partition coefficient (Wildman–Crippen LogP) is 2.11. The number of nitrogens with zero attached hydrogens (tertiary/aromatic N) is 1. The molecular formula is C15H16N2O2. The Kier molecular flexibility index (Phi) is 4.64. The summed E-state index contributed by atoms with van der Waals surface area (Å²) in [6, 6.07) is 11.0. The standard InChI is InChI=1S/C15H16N2O2/c18-15(19)14-4-2-1-3-13(14)11-17-10-7-12-5-8-16-9-6-12/h1-6,8-9,17H,7,10-11H2,(H,18,19). The van der Waals surface area contributed by atoms with Crippen molar-refractivity contribution in [1.29, 1.82) is 0 Å². The highest BCUT2D eigenvalue weighted by atomic mass is 16.4. The van der Waals surface area contributed by atoms with Crippen LogP contribution in [-0.4, -0.2) is 22.6 Å². The molecular weight excluding hydrogens is 240 g/mol. The Morgan fingerprint density at radius 3 is 2.63 bits per heavy atom. The third-order valence-corrected chi connectivity index (χ3v) is 2.90. The van der Waals surface area contributed by atoms with Gasteiger partial charge in [0.2, 0.25) is 0 Å². The minimum Gasteiger partial charge on any atom is -0.478 e. The number of aromatic nitrogens is 1. The van der Waals surface area contributed by atoms with Crippen molar-refractivity contribution in [2.75, 3.05) is 6.54 Å². The Hall–Kier alpha value is -2.20. The fraction of sp³-hybridized carbons (Fsp3) is 0.200. The zero-order valence-electron chi connectivity index (χ0n) is 10.5. The number of carboxylic acids is 1. The van der Waals surface area contributed by atoms with E-state index in [0.29, 0.717) is 12.1 Å². The number of aromatic carboxylic acids is 1. The Bertz CT molecular complexity index is 541. The third-order valence-electron chi connectivity index (χ3n) is 2.90. The lowest BCUT2D eigenvalue weighted by molar-refractivity contribution is 0.0695. The molecule has 4 heteroatoms. The lowest BCUT2D eigenvalue weighted by Gasteiger charge is -2.07. The van der Waals surface area contributed by atoms with Gasteiger partial charge in [-0.3, -0.25) is 4.98 Å². The summed E-state index contributed by atoms with van der Waals surface area (Å²) >= 11 is 0. The van der Waals surface area contributed by atoms with Crippen LogP contribution in [0, 0.1) is 0 Å². The summed E-state index contributed by atoms with van der Waals surface area (Å²) in [4.78, 5) is 15.0. The molecule has 0 aliphatic rings. The SMILES string of the molecule is O=C(O)c1ccccc1CNCCc1ccncc1. The van der Waals surface area contributed by atoms with Crippen molar-refractivity contribution in [1.82, 2.24) is 10.3 Å². The van der Waals surface area contributed by atoms with Gasteiger partial charge >= 0.3 is 5.97 Å². The van der Waals surface area contributed by atoms with Crippen LogP contribution in [0.1, 0.15) is 21.5 Å². The summed E-state index contributed by atoms with van der Waals surface area (Å²) in [5.74, 6) is -0.883.